The predicted octanol–water partition coefficient (Wildman–Crippen LogP) is 16.6. The third-order valence-electron chi connectivity index (χ3n) is 19.7. The summed E-state index contributed by atoms with van der Waals surface area (Å²) in [6.45, 7) is 8.47. The lowest BCUT2D eigenvalue weighted by molar-refractivity contribution is -0.0905. The first-order valence-electron chi connectivity index (χ1n) is 38.6. The smallest absolute Gasteiger partial charge is 0.256 e. The SMILES string of the molecule is COc1ccc(C(OC[C@H]2O[C@@H](n3cnc4c(OCc5ccccc5)nc(Nc5nc(OCc6ccccc6)c6ncn([C@H]7C[C@H](OP(NC(C)C)OCCC#N)[C@@H](COC(c8ccccc8)(c8ccc(OC)cc8)c8ccc(OC)cc8)O7)c6n5)nc43)C[C@@H]2OP(NC(C)C)OCCC#N)(c2ccccc2)c2ccc(OC)cc2)cc1. The summed E-state index contributed by atoms with van der Waals surface area (Å²) in [6, 6.07) is 75.1. The average Bonchev–Trinajstić information content (AvgIpc) is 0.927. The van der Waals surface area contributed by atoms with Crippen LogP contribution in [0, 0.1) is 22.7 Å². The van der Waals surface area contributed by atoms with Crippen LogP contribution in [-0.2, 0) is 61.5 Å². The zero-order valence-electron chi connectivity index (χ0n) is 66.2. The van der Waals surface area contributed by atoms with Crippen molar-refractivity contribution in [3.8, 4) is 46.9 Å². The van der Waals surface area contributed by atoms with Gasteiger partial charge in [-0.25, -0.2) is 20.1 Å². The number of benzene rings is 8. The summed E-state index contributed by atoms with van der Waals surface area (Å²) in [6.07, 6.45) is -0.490. The van der Waals surface area contributed by atoms with Crippen LogP contribution in [-0.4, -0.2) is 130 Å². The molecule has 12 aromatic rings. The van der Waals surface area contributed by atoms with Crippen LogP contribution < -0.4 is 43.9 Å². The number of rotatable bonds is 40. The van der Waals surface area contributed by atoms with Crippen LogP contribution in [0.15, 0.2) is 231 Å². The monoisotopic (exact) mass is 1620 g/mol. The Morgan fingerprint density at radius 3 is 1.09 bits per heavy atom. The third-order valence-corrected chi connectivity index (χ3v) is 22.9. The van der Waals surface area contributed by atoms with Gasteiger partial charge in [-0.05, 0) is 121 Å². The van der Waals surface area contributed by atoms with E-state index in [0.717, 1.165) is 44.5 Å². The summed E-state index contributed by atoms with van der Waals surface area (Å²) in [5, 5.41) is 29.7. The van der Waals surface area contributed by atoms with Gasteiger partial charge in [0.1, 0.15) is 72.1 Å². The minimum Gasteiger partial charge on any atom is -0.497 e. The van der Waals surface area contributed by atoms with Gasteiger partial charge < -0.3 is 65.5 Å². The van der Waals surface area contributed by atoms with E-state index in [0.29, 0.717) is 45.3 Å². The van der Waals surface area contributed by atoms with Crippen LogP contribution in [0.4, 0.5) is 11.9 Å². The van der Waals surface area contributed by atoms with Crippen molar-refractivity contribution in [3.05, 3.63) is 276 Å². The highest BCUT2D eigenvalue weighted by Gasteiger charge is 2.47. The molecule has 4 aromatic heterocycles. The molecule has 2 fully saturated rings. The third kappa shape index (κ3) is 19.5. The quantitative estimate of drug-likeness (QED) is 0.0183. The van der Waals surface area contributed by atoms with E-state index in [4.69, 9.17) is 95.4 Å². The number of aromatic nitrogens is 8. The molecule has 117 heavy (non-hydrogen) atoms. The van der Waals surface area contributed by atoms with Crippen molar-refractivity contribution in [2.45, 2.75) is 127 Å². The minimum absolute atomic E-state index is 0.0192. The summed E-state index contributed by atoms with van der Waals surface area (Å²) in [5.74, 6) is 3.03. The van der Waals surface area contributed by atoms with Crippen molar-refractivity contribution >= 4 is 51.3 Å². The van der Waals surface area contributed by atoms with Crippen LogP contribution >= 0.6 is 17.1 Å². The number of nitrogens with zero attached hydrogens (tertiary/aromatic N) is 10. The second kappa shape index (κ2) is 39.2. The summed E-state index contributed by atoms with van der Waals surface area (Å²) in [7, 11) is 2.93. The number of methoxy groups -OCH3 is 4. The molecule has 604 valence electrons. The minimum atomic E-state index is -1.81. The van der Waals surface area contributed by atoms with E-state index in [9.17, 15) is 10.5 Å². The van der Waals surface area contributed by atoms with Crippen molar-refractivity contribution in [2.75, 3.05) is 60.2 Å². The Hall–Kier alpha value is -11.1. The van der Waals surface area contributed by atoms with Crippen molar-refractivity contribution in [1.82, 2.24) is 49.2 Å². The molecule has 29 heteroatoms. The Kier molecular flexibility index (Phi) is 27.6. The topological polar surface area (TPSA) is 300 Å². The van der Waals surface area contributed by atoms with Crippen molar-refractivity contribution < 1.29 is 65.5 Å². The van der Waals surface area contributed by atoms with Crippen molar-refractivity contribution in [1.29, 1.82) is 10.5 Å². The first kappa shape index (κ1) is 82.4. The lowest BCUT2D eigenvalue weighted by Crippen LogP contribution is -2.38. The molecule has 14 rings (SSSR count). The van der Waals surface area contributed by atoms with E-state index in [-0.39, 0.29) is 101 Å². The fourth-order valence-corrected chi connectivity index (χ4v) is 16.8. The van der Waals surface area contributed by atoms with E-state index in [1.54, 1.807) is 41.1 Å². The molecule has 3 N–H and O–H groups in total. The molecule has 27 nitrogen and oxygen atoms in total. The number of ether oxygens (including phenoxy) is 10. The fourth-order valence-electron chi connectivity index (χ4n) is 14.1. The molecular weight excluding hydrogens is 1520 g/mol. The maximum absolute atomic E-state index is 9.68. The van der Waals surface area contributed by atoms with Gasteiger partial charge in [0.25, 0.3) is 17.1 Å². The van der Waals surface area contributed by atoms with Gasteiger partial charge in [-0.1, -0.05) is 170 Å². The Bertz CT molecular complexity index is 4830. The first-order chi connectivity index (χ1) is 57.3. The van der Waals surface area contributed by atoms with Gasteiger partial charge in [-0.2, -0.15) is 30.5 Å². The van der Waals surface area contributed by atoms with E-state index in [1.807, 2.05) is 255 Å². The largest absolute Gasteiger partial charge is 0.497 e. The van der Waals surface area contributed by atoms with Gasteiger partial charge in [0.05, 0.1) is 105 Å². The molecule has 0 radical (unpaired) electrons. The second-order valence-corrected chi connectivity index (χ2v) is 30.7. The van der Waals surface area contributed by atoms with Crippen LogP contribution in [0.25, 0.3) is 22.3 Å². The molecule has 2 unspecified atom stereocenters. The molecule has 0 aliphatic carbocycles. The number of nitrogens with one attached hydrogen (secondary N) is 3. The van der Waals surface area contributed by atoms with Crippen molar-refractivity contribution in [3.63, 3.8) is 0 Å². The van der Waals surface area contributed by atoms with Crippen LogP contribution in [0.5, 0.6) is 34.8 Å². The average molecular weight is 1620 g/mol. The number of imidazole rings is 2. The van der Waals surface area contributed by atoms with Gasteiger partial charge in [0.2, 0.25) is 23.7 Å². The molecule has 0 spiro atoms. The number of anilines is 2. The molecule has 0 bridgehead atoms. The highest BCUT2D eigenvalue weighted by molar-refractivity contribution is 7.45. The van der Waals surface area contributed by atoms with E-state index >= 15 is 0 Å². The summed E-state index contributed by atoms with van der Waals surface area (Å²) >= 11 is 0. The maximum atomic E-state index is 9.68. The molecule has 2 saturated heterocycles. The molecule has 8 atom stereocenters. The van der Waals surface area contributed by atoms with Gasteiger partial charge in [-0.15, -0.1) is 0 Å². The molecular formula is C88H93N13O14P2. The van der Waals surface area contributed by atoms with Gasteiger partial charge in [0, 0.05) is 24.9 Å². The Balaban J connectivity index is 0.851. The zero-order chi connectivity index (χ0) is 81.1. The van der Waals surface area contributed by atoms with Crippen LogP contribution in [0.2, 0.25) is 0 Å². The van der Waals surface area contributed by atoms with Crippen molar-refractivity contribution in [2.24, 2.45) is 0 Å². The van der Waals surface area contributed by atoms with Crippen LogP contribution in [0.3, 0.4) is 0 Å². The molecule has 0 amide bonds. The second-order valence-electron chi connectivity index (χ2n) is 28.2. The molecule has 2 aliphatic rings. The summed E-state index contributed by atoms with van der Waals surface area (Å²) in [4.78, 5) is 30.6. The lowest BCUT2D eigenvalue weighted by atomic mass is 9.80. The number of fused-ring (bicyclic) bond motifs is 2. The normalized spacial score (nSPS) is 17.4. The van der Waals surface area contributed by atoms with E-state index in [2.05, 4.69) is 27.6 Å². The molecule has 6 heterocycles. The first-order valence-corrected chi connectivity index (χ1v) is 41.0. The predicted molar refractivity (Wildman–Crippen MR) is 442 cm³/mol. The van der Waals surface area contributed by atoms with E-state index in [1.165, 1.54) is 0 Å². The zero-order valence-corrected chi connectivity index (χ0v) is 68.0. The Labute approximate surface area is 682 Å². The number of nitriles is 2. The van der Waals surface area contributed by atoms with E-state index < -0.39 is 65.1 Å². The lowest BCUT2D eigenvalue weighted by Gasteiger charge is -2.37. The van der Waals surface area contributed by atoms with Gasteiger partial charge >= 0.3 is 0 Å². The van der Waals surface area contributed by atoms with Gasteiger partial charge in [-0.3, -0.25) is 14.5 Å². The Morgan fingerprint density at radius 1 is 0.444 bits per heavy atom. The molecule has 8 aromatic carbocycles. The standard InChI is InChI=1S/C88H93N13O14P2/c1-59(2)98-116(110-49-21-47-89)114-73-51-77(112-75(73)55-108-87(63-27-17-11-18-28-63,65-31-39-69(102-5)40-32-65)66-33-41-70(103-6)42-34-66)100-57-91-79-81(100)93-85(95-83(79)106-53-61-23-13-9-14-24-61)97-86-94-82-80(84(96-86)107-54-62-25-15-10-16-26-62)92-58-101(82)78-52-74(115-117(99-60(3)4)111-50-22-48-90)76(113-78)56-109-88(64-29-19-12-20-30-64,67-35-43-71(104-7)44-36-67)68-37-45-72(105-8)46-38-68/h9-20,23-46,57-60,73-78,98-99H,21-22,49-56H2,1-8H3,(H,93,94,95,96,97)/t73-,74-,75+,76+,77+,78+,116?,117?/m0/s1. The fraction of sp³-hybridized carbons (Fsp3) is 0.318. The highest BCUT2D eigenvalue weighted by Crippen LogP contribution is 2.50. The number of hydrogen-bond acceptors (Lipinski definition) is 25. The summed E-state index contributed by atoms with van der Waals surface area (Å²) < 4.78 is 96.3. The summed E-state index contributed by atoms with van der Waals surface area (Å²) in [5.41, 5.74) is 5.58. The molecule has 2 aliphatic heterocycles. The molecule has 0 saturated carbocycles. The Morgan fingerprint density at radius 2 is 0.769 bits per heavy atom. The number of hydrogen-bond donors (Lipinski definition) is 3. The highest BCUT2D eigenvalue weighted by atomic mass is 31.2. The van der Waals surface area contributed by atoms with Gasteiger partial charge in [0.15, 0.2) is 22.3 Å². The van der Waals surface area contributed by atoms with Crippen LogP contribution in [0.1, 0.15) is 110 Å². The maximum Gasteiger partial charge on any atom is 0.256 e.